The van der Waals surface area contributed by atoms with Crippen LogP contribution >= 0.6 is 23.2 Å². The van der Waals surface area contributed by atoms with E-state index in [1.165, 1.54) is 6.07 Å². The Morgan fingerprint density at radius 3 is 2.56 bits per heavy atom. The van der Waals surface area contributed by atoms with Crippen LogP contribution in [0.4, 0.5) is 13.2 Å². The highest BCUT2D eigenvalue weighted by Crippen LogP contribution is 2.25. The molecule has 0 aliphatic rings. The number of alkyl halides is 3. The van der Waals surface area contributed by atoms with Crippen LogP contribution in [0.5, 0.6) is 0 Å². The third-order valence-electron chi connectivity index (χ3n) is 1.80. The van der Waals surface area contributed by atoms with Crippen molar-refractivity contribution in [3.05, 3.63) is 22.1 Å². The molecule has 0 unspecified atom stereocenters. The maximum absolute atomic E-state index is 12.1. The number of aromatic nitrogens is 3. The lowest BCUT2D eigenvalue weighted by atomic mass is 10.4. The zero-order valence-electron chi connectivity index (χ0n) is 7.57. The SMILES string of the molecule is FC(F)(F)Cc1nc2nc(Cl)c(Cl)cc2[nH]1. The Morgan fingerprint density at radius 2 is 1.94 bits per heavy atom. The van der Waals surface area contributed by atoms with Crippen LogP contribution in [0.2, 0.25) is 10.2 Å². The number of imidazole rings is 1. The van der Waals surface area contributed by atoms with Gasteiger partial charge in [0.2, 0.25) is 0 Å². The first-order valence-electron chi connectivity index (χ1n) is 4.12. The zero-order valence-corrected chi connectivity index (χ0v) is 9.08. The molecule has 86 valence electrons. The summed E-state index contributed by atoms with van der Waals surface area (Å²) in [6.45, 7) is 0. The molecule has 0 aromatic carbocycles. The van der Waals surface area contributed by atoms with Gasteiger partial charge in [-0.1, -0.05) is 23.2 Å². The third kappa shape index (κ3) is 2.38. The van der Waals surface area contributed by atoms with E-state index in [2.05, 4.69) is 15.0 Å². The van der Waals surface area contributed by atoms with E-state index < -0.39 is 12.6 Å². The van der Waals surface area contributed by atoms with E-state index in [0.29, 0.717) is 5.52 Å². The largest absolute Gasteiger partial charge is 0.396 e. The van der Waals surface area contributed by atoms with Crippen molar-refractivity contribution in [2.45, 2.75) is 12.6 Å². The van der Waals surface area contributed by atoms with Gasteiger partial charge in [0.25, 0.3) is 0 Å². The monoisotopic (exact) mass is 269 g/mol. The van der Waals surface area contributed by atoms with Crippen LogP contribution in [0, 0.1) is 0 Å². The molecule has 0 saturated heterocycles. The lowest BCUT2D eigenvalue weighted by Crippen LogP contribution is -2.12. The second kappa shape index (κ2) is 3.78. The van der Waals surface area contributed by atoms with Gasteiger partial charge in [-0.15, -0.1) is 0 Å². The molecule has 0 spiro atoms. The maximum atomic E-state index is 12.1. The molecular formula is C8H4Cl2F3N3. The van der Waals surface area contributed by atoms with Gasteiger partial charge in [0.05, 0.1) is 10.5 Å². The lowest BCUT2D eigenvalue weighted by Gasteiger charge is -2.01. The molecule has 0 aliphatic carbocycles. The van der Waals surface area contributed by atoms with E-state index in [0.717, 1.165) is 0 Å². The first-order chi connectivity index (χ1) is 7.35. The summed E-state index contributed by atoms with van der Waals surface area (Å²) in [7, 11) is 0. The van der Waals surface area contributed by atoms with Crippen molar-refractivity contribution < 1.29 is 13.2 Å². The van der Waals surface area contributed by atoms with Gasteiger partial charge in [0.1, 0.15) is 17.4 Å². The first kappa shape index (κ1) is 11.5. The molecule has 1 N–H and O–H groups in total. The van der Waals surface area contributed by atoms with Crippen LogP contribution in [0.1, 0.15) is 5.82 Å². The molecule has 2 heterocycles. The Kier molecular flexibility index (Phi) is 2.71. The van der Waals surface area contributed by atoms with Gasteiger partial charge in [-0.3, -0.25) is 0 Å². The highest BCUT2D eigenvalue weighted by atomic mass is 35.5. The third-order valence-corrected chi connectivity index (χ3v) is 2.47. The van der Waals surface area contributed by atoms with E-state index in [4.69, 9.17) is 23.2 Å². The van der Waals surface area contributed by atoms with Crippen molar-refractivity contribution in [3.63, 3.8) is 0 Å². The van der Waals surface area contributed by atoms with Crippen LogP contribution in [-0.4, -0.2) is 21.1 Å². The number of hydrogen-bond acceptors (Lipinski definition) is 2. The van der Waals surface area contributed by atoms with Gasteiger partial charge in [-0.25, -0.2) is 9.97 Å². The number of H-pyrrole nitrogens is 1. The number of halogens is 5. The minimum atomic E-state index is -4.32. The number of hydrogen-bond donors (Lipinski definition) is 1. The van der Waals surface area contributed by atoms with Crippen molar-refractivity contribution >= 4 is 34.4 Å². The lowest BCUT2D eigenvalue weighted by molar-refractivity contribution is -0.128. The highest BCUT2D eigenvalue weighted by molar-refractivity contribution is 6.41. The molecule has 0 saturated carbocycles. The van der Waals surface area contributed by atoms with Gasteiger partial charge in [0, 0.05) is 0 Å². The molecule has 0 radical (unpaired) electrons. The molecule has 0 bridgehead atoms. The second-order valence-electron chi connectivity index (χ2n) is 3.11. The molecule has 0 aliphatic heterocycles. The summed E-state index contributed by atoms with van der Waals surface area (Å²) in [4.78, 5) is 9.90. The summed E-state index contributed by atoms with van der Waals surface area (Å²) in [6.07, 6.45) is -5.46. The Hall–Kier alpha value is -1.01. The van der Waals surface area contributed by atoms with Gasteiger partial charge in [0.15, 0.2) is 5.65 Å². The minimum absolute atomic E-state index is 0.0132. The molecule has 2 aromatic heterocycles. The Morgan fingerprint density at radius 1 is 1.25 bits per heavy atom. The van der Waals surface area contributed by atoms with E-state index >= 15 is 0 Å². The van der Waals surface area contributed by atoms with Gasteiger partial charge < -0.3 is 4.98 Å². The number of rotatable bonds is 1. The van der Waals surface area contributed by atoms with Crippen LogP contribution in [-0.2, 0) is 6.42 Å². The average molecular weight is 270 g/mol. The fourth-order valence-corrected chi connectivity index (χ4v) is 1.51. The van der Waals surface area contributed by atoms with Gasteiger partial charge in [-0.2, -0.15) is 13.2 Å². The van der Waals surface area contributed by atoms with Crippen LogP contribution in [0.3, 0.4) is 0 Å². The highest BCUT2D eigenvalue weighted by Gasteiger charge is 2.29. The fraction of sp³-hybridized carbons (Fsp3) is 0.250. The molecule has 0 fully saturated rings. The summed E-state index contributed by atoms with van der Waals surface area (Å²) in [6, 6.07) is 1.39. The summed E-state index contributed by atoms with van der Waals surface area (Å²) in [5.74, 6) is -0.215. The van der Waals surface area contributed by atoms with Gasteiger partial charge >= 0.3 is 6.18 Å². The fourth-order valence-electron chi connectivity index (χ4n) is 1.22. The van der Waals surface area contributed by atoms with Crippen LogP contribution in [0.25, 0.3) is 11.2 Å². The Labute approximate surface area is 97.6 Å². The smallest absolute Gasteiger partial charge is 0.340 e. The minimum Gasteiger partial charge on any atom is -0.340 e. The predicted octanol–water partition coefficient (Wildman–Crippen LogP) is 3.37. The van der Waals surface area contributed by atoms with Crippen molar-refractivity contribution in [3.8, 4) is 0 Å². The van der Waals surface area contributed by atoms with Gasteiger partial charge in [-0.05, 0) is 6.07 Å². The van der Waals surface area contributed by atoms with Crippen molar-refractivity contribution in [2.75, 3.05) is 0 Å². The zero-order chi connectivity index (χ0) is 11.9. The predicted molar refractivity (Wildman–Crippen MR) is 53.7 cm³/mol. The quantitative estimate of drug-likeness (QED) is 0.807. The van der Waals surface area contributed by atoms with E-state index in [9.17, 15) is 13.2 Å². The maximum Gasteiger partial charge on any atom is 0.396 e. The Balaban J connectivity index is 2.44. The number of nitrogens with zero attached hydrogens (tertiary/aromatic N) is 2. The average Bonchev–Trinajstić information content (AvgIpc) is 2.44. The normalized spacial score (nSPS) is 12.3. The van der Waals surface area contributed by atoms with Crippen molar-refractivity contribution in [1.29, 1.82) is 0 Å². The molecule has 8 heteroatoms. The summed E-state index contributed by atoms with van der Waals surface area (Å²) >= 11 is 11.3. The van der Waals surface area contributed by atoms with Crippen LogP contribution in [0.15, 0.2) is 6.07 Å². The molecular weight excluding hydrogens is 266 g/mol. The number of pyridine rings is 1. The molecule has 0 amide bonds. The molecule has 0 atom stereocenters. The number of fused-ring (bicyclic) bond motifs is 1. The second-order valence-corrected chi connectivity index (χ2v) is 3.87. The molecule has 2 aromatic rings. The van der Waals surface area contributed by atoms with E-state index in [1.54, 1.807) is 0 Å². The number of nitrogens with one attached hydrogen (secondary N) is 1. The number of aromatic amines is 1. The van der Waals surface area contributed by atoms with E-state index in [-0.39, 0.29) is 21.6 Å². The molecule has 2 rings (SSSR count). The van der Waals surface area contributed by atoms with Crippen molar-refractivity contribution in [2.24, 2.45) is 0 Å². The summed E-state index contributed by atoms with van der Waals surface area (Å²) in [5, 5.41) is 0.176. The van der Waals surface area contributed by atoms with Crippen LogP contribution < -0.4 is 0 Å². The summed E-state index contributed by atoms with van der Waals surface area (Å²) < 4.78 is 36.3. The van der Waals surface area contributed by atoms with Crippen molar-refractivity contribution in [1.82, 2.24) is 15.0 Å². The molecule has 16 heavy (non-hydrogen) atoms. The van der Waals surface area contributed by atoms with E-state index in [1.807, 2.05) is 0 Å². The standard InChI is InChI=1S/C8H4Cl2F3N3/c9-3-1-4-7(16-6(3)10)15-5(14-4)2-8(11,12)13/h1H,2H2,(H,14,15,16). The molecule has 3 nitrogen and oxygen atoms in total. The topological polar surface area (TPSA) is 41.6 Å². The summed E-state index contributed by atoms with van der Waals surface area (Å²) in [5.41, 5.74) is 0.447. The Bertz CT molecular complexity index is 496. The first-order valence-corrected chi connectivity index (χ1v) is 4.88.